The van der Waals surface area contributed by atoms with Gasteiger partial charge in [-0.25, -0.2) is 0 Å². The van der Waals surface area contributed by atoms with E-state index in [1.54, 1.807) is 12.1 Å². The summed E-state index contributed by atoms with van der Waals surface area (Å²) >= 11 is 0. The Morgan fingerprint density at radius 3 is 2.78 bits per heavy atom. The van der Waals surface area contributed by atoms with Crippen LogP contribution >= 0.6 is 0 Å². The van der Waals surface area contributed by atoms with E-state index in [1.165, 1.54) is 32.1 Å². The lowest BCUT2D eigenvalue weighted by atomic mass is 9.84. The zero-order chi connectivity index (χ0) is 13.0. The minimum atomic E-state index is -0.132. The molecule has 1 aliphatic rings. The van der Waals surface area contributed by atoms with Crippen LogP contribution in [0.1, 0.15) is 55.3 Å². The largest absolute Gasteiger partial charge is 0.455 e. The summed E-state index contributed by atoms with van der Waals surface area (Å²) in [5.41, 5.74) is 5.46. The first-order chi connectivity index (χ1) is 8.70. The number of nitrogens with one attached hydrogen (secondary N) is 1. The molecule has 0 aromatic carbocycles. The molecule has 1 saturated carbocycles. The minimum Gasteiger partial charge on any atom is -0.455 e. The molecule has 4 nitrogen and oxygen atoms in total. The van der Waals surface area contributed by atoms with E-state index >= 15 is 0 Å². The van der Waals surface area contributed by atoms with Gasteiger partial charge < -0.3 is 15.5 Å². The lowest BCUT2D eigenvalue weighted by molar-refractivity contribution is 0.0889. The van der Waals surface area contributed by atoms with Crippen LogP contribution in [0.15, 0.2) is 16.5 Å². The molecule has 100 valence electrons. The van der Waals surface area contributed by atoms with Crippen LogP contribution in [0.25, 0.3) is 0 Å². The molecule has 0 radical (unpaired) electrons. The van der Waals surface area contributed by atoms with Crippen LogP contribution in [-0.2, 0) is 6.54 Å². The van der Waals surface area contributed by atoms with Gasteiger partial charge in [-0.15, -0.1) is 0 Å². The van der Waals surface area contributed by atoms with Crippen molar-refractivity contribution >= 4 is 5.91 Å². The van der Waals surface area contributed by atoms with Gasteiger partial charge in [-0.1, -0.05) is 19.3 Å². The monoisotopic (exact) mass is 250 g/mol. The maximum Gasteiger partial charge on any atom is 0.287 e. The van der Waals surface area contributed by atoms with Crippen LogP contribution in [0.3, 0.4) is 0 Å². The van der Waals surface area contributed by atoms with Gasteiger partial charge >= 0.3 is 0 Å². The highest BCUT2D eigenvalue weighted by atomic mass is 16.4. The van der Waals surface area contributed by atoms with E-state index < -0.39 is 0 Å². The van der Waals surface area contributed by atoms with Gasteiger partial charge in [-0.2, -0.15) is 0 Å². The Morgan fingerprint density at radius 1 is 1.44 bits per heavy atom. The van der Waals surface area contributed by atoms with Gasteiger partial charge in [0.05, 0.1) is 6.54 Å². The Labute approximate surface area is 108 Å². The van der Waals surface area contributed by atoms with Gasteiger partial charge in [0.1, 0.15) is 5.76 Å². The molecular formula is C14H22N2O2. The summed E-state index contributed by atoms with van der Waals surface area (Å²) in [6.45, 7) is 2.41. The van der Waals surface area contributed by atoms with Crippen molar-refractivity contribution < 1.29 is 9.21 Å². The number of carbonyl (C=O) groups excluding carboxylic acids is 1. The molecule has 0 aliphatic heterocycles. The number of carbonyl (C=O) groups is 1. The van der Waals surface area contributed by atoms with E-state index in [0.29, 0.717) is 24.0 Å². The summed E-state index contributed by atoms with van der Waals surface area (Å²) < 4.78 is 5.35. The third-order valence-electron chi connectivity index (χ3n) is 3.80. The smallest absolute Gasteiger partial charge is 0.287 e. The number of rotatable bonds is 4. The number of amides is 1. The first kappa shape index (κ1) is 13.1. The van der Waals surface area contributed by atoms with Crippen molar-refractivity contribution in [3.63, 3.8) is 0 Å². The number of nitrogens with two attached hydrogens (primary N) is 1. The molecule has 1 atom stereocenters. The molecule has 1 aromatic rings. The summed E-state index contributed by atoms with van der Waals surface area (Å²) in [5, 5.41) is 3.03. The van der Waals surface area contributed by atoms with Crippen LogP contribution in [0.4, 0.5) is 0 Å². The van der Waals surface area contributed by atoms with E-state index in [0.717, 1.165) is 0 Å². The third-order valence-corrected chi connectivity index (χ3v) is 3.80. The normalized spacial score (nSPS) is 18.6. The summed E-state index contributed by atoms with van der Waals surface area (Å²) in [4.78, 5) is 12.0. The Balaban J connectivity index is 1.89. The van der Waals surface area contributed by atoms with Gasteiger partial charge in [0.2, 0.25) is 0 Å². The molecule has 1 fully saturated rings. The second kappa shape index (κ2) is 6.05. The zero-order valence-corrected chi connectivity index (χ0v) is 10.9. The van der Waals surface area contributed by atoms with Crippen molar-refractivity contribution in [2.45, 2.75) is 51.6 Å². The predicted molar refractivity (Wildman–Crippen MR) is 70.1 cm³/mol. The van der Waals surface area contributed by atoms with Gasteiger partial charge in [0.25, 0.3) is 5.91 Å². The Bertz CT molecular complexity index is 394. The van der Waals surface area contributed by atoms with Gasteiger partial charge in [0, 0.05) is 6.04 Å². The van der Waals surface area contributed by atoms with Crippen molar-refractivity contribution in [1.82, 2.24) is 5.32 Å². The lowest BCUT2D eigenvalue weighted by Gasteiger charge is -2.27. The van der Waals surface area contributed by atoms with Crippen LogP contribution in [0.2, 0.25) is 0 Å². The van der Waals surface area contributed by atoms with Crippen LogP contribution < -0.4 is 11.1 Å². The van der Waals surface area contributed by atoms with Gasteiger partial charge in [-0.3, -0.25) is 4.79 Å². The van der Waals surface area contributed by atoms with Gasteiger partial charge in [0.15, 0.2) is 5.76 Å². The molecule has 18 heavy (non-hydrogen) atoms. The Morgan fingerprint density at radius 2 is 2.17 bits per heavy atom. The third kappa shape index (κ3) is 3.13. The molecule has 0 saturated heterocycles. The number of furan rings is 1. The molecule has 2 rings (SSSR count). The second-order valence-electron chi connectivity index (χ2n) is 5.13. The Kier molecular flexibility index (Phi) is 4.42. The molecule has 1 aliphatic carbocycles. The topological polar surface area (TPSA) is 68.3 Å². The highest BCUT2D eigenvalue weighted by Crippen LogP contribution is 2.26. The van der Waals surface area contributed by atoms with E-state index in [4.69, 9.17) is 10.2 Å². The predicted octanol–water partition coefficient (Wildman–Crippen LogP) is 2.44. The molecule has 1 amide bonds. The minimum absolute atomic E-state index is 0.132. The quantitative estimate of drug-likeness (QED) is 0.862. The fraction of sp³-hybridized carbons (Fsp3) is 0.643. The van der Waals surface area contributed by atoms with Crippen LogP contribution in [0, 0.1) is 5.92 Å². The maximum atomic E-state index is 12.0. The van der Waals surface area contributed by atoms with Gasteiger partial charge in [-0.05, 0) is 37.8 Å². The summed E-state index contributed by atoms with van der Waals surface area (Å²) in [7, 11) is 0. The first-order valence-corrected chi connectivity index (χ1v) is 6.80. The Hall–Kier alpha value is -1.29. The second-order valence-corrected chi connectivity index (χ2v) is 5.13. The highest BCUT2D eigenvalue weighted by Gasteiger charge is 2.22. The molecule has 0 bridgehead atoms. The van der Waals surface area contributed by atoms with Crippen LogP contribution in [0.5, 0.6) is 0 Å². The van der Waals surface area contributed by atoms with E-state index in [-0.39, 0.29) is 11.9 Å². The standard InChI is InChI=1S/C14H22N2O2/c1-10(11-5-3-2-4-6-11)16-14(17)13-8-7-12(9-15)18-13/h7-8,10-11H,2-6,9,15H2,1H3,(H,16,17)/t10-/m1/s1. The fourth-order valence-electron chi connectivity index (χ4n) is 2.64. The van der Waals surface area contributed by atoms with Crippen molar-refractivity contribution in [1.29, 1.82) is 0 Å². The van der Waals surface area contributed by atoms with Crippen molar-refractivity contribution in [2.75, 3.05) is 0 Å². The van der Waals surface area contributed by atoms with Crippen LogP contribution in [-0.4, -0.2) is 11.9 Å². The fourth-order valence-corrected chi connectivity index (χ4v) is 2.64. The van der Waals surface area contributed by atoms with E-state index in [1.807, 2.05) is 0 Å². The molecule has 0 spiro atoms. The zero-order valence-electron chi connectivity index (χ0n) is 10.9. The van der Waals surface area contributed by atoms with Crippen molar-refractivity contribution in [2.24, 2.45) is 11.7 Å². The molecule has 1 heterocycles. The van der Waals surface area contributed by atoms with Crippen molar-refractivity contribution in [3.8, 4) is 0 Å². The summed E-state index contributed by atoms with van der Waals surface area (Å²) in [6.07, 6.45) is 6.32. The summed E-state index contributed by atoms with van der Waals surface area (Å²) in [5.74, 6) is 1.47. The molecule has 1 aromatic heterocycles. The lowest BCUT2D eigenvalue weighted by Crippen LogP contribution is -2.38. The average Bonchev–Trinajstić information content (AvgIpc) is 2.88. The SMILES string of the molecule is C[C@@H](NC(=O)c1ccc(CN)o1)C1CCCCC1. The maximum absolute atomic E-state index is 12.0. The highest BCUT2D eigenvalue weighted by molar-refractivity contribution is 5.91. The first-order valence-electron chi connectivity index (χ1n) is 6.80. The molecule has 0 unspecified atom stereocenters. The average molecular weight is 250 g/mol. The van der Waals surface area contributed by atoms with E-state index in [2.05, 4.69) is 12.2 Å². The van der Waals surface area contributed by atoms with Crippen molar-refractivity contribution in [3.05, 3.63) is 23.7 Å². The molecular weight excluding hydrogens is 228 g/mol. The molecule has 3 N–H and O–H groups in total. The molecule has 4 heteroatoms. The number of hydrogen-bond donors (Lipinski definition) is 2. The van der Waals surface area contributed by atoms with E-state index in [9.17, 15) is 4.79 Å². The summed E-state index contributed by atoms with van der Waals surface area (Å²) in [6, 6.07) is 3.65. The number of hydrogen-bond acceptors (Lipinski definition) is 3.